The van der Waals surface area contributed by atoms with Gasteiger partial charge in [-0.2, -0.15) is 0 Å². The van der Waals surface area contributed by atoms with Gasteiger partial charge < -0.3 is 5.32 Å². The average molecular weight is 416 g/mol. The highest BCUT2D eigenvalue weighted by Gasteiger charge is 2.16. The molecule has 0 fully saturated rings. The van der Waals surface area contributed by atoms with E-state index in [0.29, 0.717) is 0 Å². The quantitative estimate of drug-likeness (QED) is 0.715. The first kappa shape index (κ1) is 16.6. The molecule has 21 heavy (non-hydrogen) atoms. The van der Waals surface area contributed by atoms with E-state index in [-0.39, 0.29) is 11.9 Å². The third-order valence-corrected chi connectivity index (χ3v) is 4.23. The number of rotatable bonds is 6. The number of benzene rings is 1. The Labute approximate surface area is 141 Å². The minimum Gasteiger partial charge on any atom is -0.308 e. The lowest BCUT2D eigenvalue weighted by Crippen LogP contribution is -2.25. The fourth-order valence-electron chi connectivity index (χ4n) is 2.12. The van der Waals surface area contributed by atoms with E-state index in [0.717, 1.165) is 39.6 Å². The lowest BCUT2D eigenvalue weighted by atomic mass is 10.0. The summed E-state index contributed by atoms with van der Waals surface area (Å²) in [5.41, 5.74) is 2.05. The normalized spacial score (nSPS) is 12.4. The van der Waals surface area contributed by atoms with Gasteiger partial charge in [-0.3, -0.25) is 4.98 Å². The summed E-state index contributed by atoms with van der Waals surface area (Å²) in [5, 5.41) is 3.51. The second-order valence-corrected chi connectivity index (χ2v) is 6.63. The molecule has 1 atom stereocenters. The highest BCUT2D eigenvalue weighted by Crippen LogP contribution is 2.27. The second kappa shape index (κ2) is 8.01. The van der Waals surface area contributed by atoms with Crippen molar-refractivity contribution in [3.8, 4) is 0 Å². The first-order valence-electron chi connectivity index (χ1n) is 6.89. The average Bonchev–Trinajstić information content (AvgIpc) is 2.46. The van der Waals surface area contributed by atoms with Crippen LogP contribution in [-0.4, -0.2) is 11.5 Å². The first-order chi connectivity index (χ1) is 10.1. The van der Waals surface area contributed by atoms with Gasteiger partial charge in [0.05, 0.1) is 11.7 Å². The largest absolute Gasteiger partial charge is 0.308 e. The Morgan fingerprint density at radius 3 is 2.57 bits per heavy atom. The smallest absolute Gasteiger partial charge is 0.123 e. The van der Waals surface area contributed by atoms with Gasteiger partial charge in [-0.05, 0) is 75.0 Å². The molecule has 1 heterocycles. The molecule has 0 radical (unpaired) electrons. The highest BCUT2D eigenvalue weighted by atomic mass is 79.9. The molecular weight excluding hydrogens is 399 g/mol. The molecule has 0 amide bonds. The molecule has 0 saturated heterocycles. The standard InChI is InChI=1S/C16H17Br2FN2/c1-2-7-20-15(8-11-3-5-13(19)6-4-11)16-14(18)9-12(17)10-21-16/h3-6,9-10,15,20H,2,7-8H2,1H3. The number of halogens is 3. The van der Waals surface area contributed by atoms with Crippen molar-refractivity contribution in [2.75, 3.05) is 6.54 Å². The van der Waals surface area contributed by atoms with Crippen LogP contribution in [0.2, 0.25) is 0 Å². The fourth-order valence-corrected chi connectivity index (χ4v) is 3.39. The topological polar surface area (TPSA) is 24.9 Å². The van der Waals surface area contributed by atoms with Crippen LogP contribution in [0.4, 0.5) is 4.39 Å². The van der Waals surface area contributed by atoms with Crippen molar-refractivity contribution < 1.29 is 4.39 Å². The Bertz CT molecular complexity index is 587. The van der Waals surface area contributed by atoms with E-state index >= 15 is 0 Å². The molecular formula is C16H17Br2FN2. The molecule has 5 heteroatoms. The lowest BCUT2D eigenvalue weighted by molar-refractivity contribution is 0.515. The summed E-state index contributed by atoms with van der Waals surface area (Å²) in [6, 6.07) is 8.73. The van der Waals surface area contributed by atoms with Gasteiger partial charge in [-0.1, -0.05) is 19.1 Å². The second-order valence-electron chi connectivity index (χ2n) is 4.86. The Hall–Kier alpha value is -0.780. The predicted octanol–water partition coefficient (Wildman–Crippen LogP) is 5.03. The Kier molecular flexibility index (Phi) is 6.33. The number of nitrogens with one attached hydrogen (secondary N) is 1. The highest BCUT2D eigenvalue weighted by molar-refractivity contribution is 9.11. The Morgan fingerprint density at radius 1 is 1.24 bits per heavy atom. The Balaban J connectivity index is 2.22. The molecule has 0 bridgehead atoms. The molecule has 2 nitrogen and oxygen atoms in total. The van der Waals surface area contributed by atoms with Crippen LogP contribution in [0, 0.1) is 5.82 Å². The summed E-state index contributed by atoms with van der Waals surface area (Å²) in [7, 11) is 0. The van der Waals surface area contributed by atoms with E-state index in [2.05, 4.69) is 49.1 Å². The summed E-state index contributed by atoms with van der Waals surface area (Å²) in [6.45, 7) is 3.04. The summed E-state index contributed by atoms with van der Waals surface area (Å²) in [5.74, 6) is -0.209. The van der Waals surface area contributed by atoms with Gasteiger partial charge in [0.1, 0.15) is 5.82 Å². The minimum absolute atomic E-state index is 0.0953. The Morgan fingerprint density at radius 2 is 1.95 bits per heavy atom. The van der Waals surface area contributed by atoms with Crippen molar-refractivity contribution >= 4 is 31.9 Å². The molecule has 1 aromatic carbocycles. The third kappa shape index (κ3) is 4.87. The summed E-state index contributed by atoms with van der Waals surface area (Å²) < 4.78 is 14.9. The number of nitrogens with zero attached hydrogens (tertiary/aromatic N) is 1. The van der Waals surface area contributed by atoms with Gasteiger partial charge in [-0.25, -0.2) is 4.39 Å². The maximum atomic E-state index is 13.0. The lowest BCUT2D eigenvalue weighted by Gasteiger charge is -2.19. The van der Waals surface area contributed by atoms with Gasteiger partial charge >= 0.3 is 0 Å². The fraction of sp³-hybridized carbons (Fsp3) is 0.312. The van der Waals surface area contributed by atoms with Crippen LogP contribution in [0.5, 0.6) is 0 Å². The molecule has 2 aromatic rings. The van der Waals surface area contributed by atoms with E-state index in [9.17, 15) is 4.39 Å². The van der Waals surface area contributed by atoms with E-state index in [1.807, 2.05) is 18.2 Å². The van der Waals surface area contributed by atoms with E-state index in [1.165, 1.54) is 12.1 Å². The molecule has 0 spiro atoms. The van der Waals surface area contributed by atoms with Crippen LogP contribution >= 0.6 is 31.9 Å². The zero-order valence-electron chi connectivity index (χ0n) is 11.7. The van der Waals surface area contributed by atoms with Crippen molar-refractivity contribution in [1.82, 2.24) is 10.3 Å². The molecule has 1 aromatic heterocycles. The van der Waals surface area contributed by atoms with E-state index in [1.54, 1.807) is 6.20 Å². The molecule has 0 aliphatic rings. The SMILES string of the molecule is CCCNC(Cc1ccc(F)cc1)c1ncc(Br)cc1Br. The molecule has 0 saturated carbocycles. The monoisotopic (exact) mass is 414 g/mol. The maximum absolute atomic E-state index is 13.0. The van der Waals surface area contributed by atoms with Crippen molar-refractivity contribution in [2.45, 2.75) is 25.8 Å². The molecule has 1 N–H and O–H groups in total. The molecule has 1 unspecified atom stereocenters. The maximum Gasteiger partial charge on any atom is 0.123 e. The molecule has 0 aliphatic heterocycles. The molecule has 2 rings (SSSR count). The summed E-state index contributed by atoms with van der Waals surface area (Å²) >= 11 is 6.99. The zero-order valence-corrected chi connectivity index (χ0v) is 14.9. The van der Waals surface area contributed by atoms with Crippen molar-refractivity contribution in [3.05, 3.63) is 62.5 Å². The first-order valence-corrected chi connectivity index (χ1v) is 8.47. The number of aromatic nitrogens is 1. The van der Waals surface area contributed by atoms with Crippen molar-refractivity contribution in [2.24, 2.45) is 0 Å². The van der Waals surface area contributed by atoms with Gasteiger partial charge in [0.2, 0.25) is 0 Å². The van der Waals surface area contributed by atoms with Crippen LogP contribution in [0.25, 0.3) is 0 Å². The van der Waals surface area contributed by atoms with Gasteiger partial charge in [0.15, 0.2) is 0 Å². The number of hydrogen-bond acceptors (Lipinski definition) is 2. The van der Waals surface area contributed by atoms with Crippen LogP contribution < -0.4 is 5.32 Å². The van der Waals surface area contributed by atoms with Gasteiger partial charge in [-0.15, -0.1) is 0 Å². The van der Waals surface area contributed by atoms with Gasteiger partial charge in [0.25, 0.3) is 0 Å². The van der Waals surface area contributed by atoms with Crippen LogP contribution in [0.15, 0.2) is 45.5 Å². The van der Waals surface area contributed by atoms with Crippen molar-refractivity contribution in [3.63, 3.8) is 0 Å². The molecule has 0 aliphatic carbocycles. The van der Waals surface area contributed by atoms with Crippen LogP contribution in [0.1, 0.15) is 30.6 Å². The number of hydrogen-bond donors (Lipinski definition) is 1. The van der Waals surface area contributed by atoms with E-state index in [4.69, 9.17) is 0 Å². The van der Waals surface area contributed by atoms with Gasteiger partial charge in [0, 0.05) is 15.1 Å². The van der Waals surface area contributed by atoms with Crippen LogP contribution in [0.3, 0.4) is 0 Å². The summed E-state index contributed by atoms with van der Waals surface area (Å²) in [6.07, 6.45) is 3.62. The number of pyridine rings is 1. The van der Waals surface area contributed by atoms with Crippen molar-refractivity contribution in [1.29, 1.82) is 0 Å². The summed E-state index contributed by atoms with van der Waals surface area (Å²) in [4.78, 5) is 4.51. The zero-order chi connectivity index (χ0) is 15.2. The van der Waals surface area contributed by atoms with E-state index < -0.39 is 0 Å². The minimum atomic E-state index is -0.209. The predicted molar refractivity (Wildman–Crippen MR) is 90.8 cm³/mol. The molecule has 112 valence electrons. The van der Waals surface area contributed by atoms with Crippen LogP contribution in [-0.2, 0) is 6.42 Å². The third-order valence-electron chi connectivity index (χ3n) is 3.16.